The number of phenols is 2. The SMILES string of the molecule is CC(C)c1c(O)cc(C=C(Cc2ccccc2)C(N)=O)cc1O.N. The second kappa shape index (κ2) is 8.17. The van der Waals surface area contributed by atoms with E-state index in [0.717, 1.165) is 5.56 Å². The van der Waals surface area contributed by atoms with Crippen LogP contribution >= 0.6 is 0 Å². The molecule has 0 bridgehead atoms. The van der Waals surface area contributed by atoms with Crippen LogP contribution in [0.4, 0.5) is 0 Å². The van der Waals surface area contributed by atoms with Gasteiger partial charge in [0.15, 0.2) is 0 Å². The van der Waals surface area contributed by atoms with Crippen molar-refractivity contribution in [2.24, 2.45) is 5.73 Å². The fourth-order valence-corrected chi connectivity index (χ4v) is 2.55. The van der Waals surface area contributed by atoms with Crippen LogP contribution in [0.2, 0.25) is 0 Å². The van der Waals surface area contributed by atoms with Crippen molar-refractivity contribution < 1.29 is 15.0 Å². The Hall–Kier alpha value is -2.79. The van der Waals surface area contributed by atoms with E-state index in [2.05, 4.69) is 0 Å². The standard InChI is InChI=1S/C19H21NO3.H3N/c1-12(2)18-16(21)10-14(11-17(18)22)9-15(19(20)23)8-13-6-4-3-5-7-13;/h3-7,9-12,21-22H,8H2,1-2H3,(H2,20,23);1H3. The van der Waals surface area contributed by atoms with E-state index >= 15 is 0 Å². The molecule has 5 heteroatoms. The number of primary amides is 1. The molecule has 128 valence electrons. The summed E-state index contributed by atoms with van der Waals surface area (Å²) >= 11 is 0. The summed E-state index contributed by atoms with van der Waals surface area (Å²) in [6.07, 6.45) is 1.99. The van der Waals surface area contributed by atoms with Crippen LogP contribution in [0.25, 0.3) is 6.08 Å². The second-order valence-corrected chi connectivity index (χ2v) is 5.82. The maximum absolute atomic E-state index is 11.7. The monoisotopic (exact) mass is 328 g/mol. The van der Waals surface area contributed by atoms with Gasteiger partial charge in [0.25, 0.3) is 0 Å². The van der Waals surface area contributed by atoms with Gasteiger partial charge in [0.1, 0.15) is 11.5 Å². The molecular weight excluding hydrogens is 304 g/mol. The van der Waals surface area contributed by atoms with E-state index in [0.29, 0.717) is 23.1 Å². The molecule has 0 aliphatic carbocycles. The van der Waals surface area contributed by atoms with Gasteiger partial charge in [0, 0.05) is 17.6 Å². The zero-order chi connectivity index (χ0) is 17.0. The van der Waals surface area contributed by atoms with Gasteiger partial charge in [0.2, 0.25) is 5.91 Å². The molecule has 0 unspecified atom stereocenters. The Morgan fingerprint density at radius 1 is 1.12 bits per heavy atom. The third-order valence-electron chi connectivity index (χ3n) is 3.63. The van der Waals surface area contributed by atoms with Gasteiger partial charge in [-0.05, 0) is 35.3 Å². The van der Waals surface area contributed by atoms with E-state index in [1.165, 1.54) is 12.1 Å². The Morgan fingerprint density at radius 2 is 1.67 bits per heavy atom. The lowest BCUT2D eigenvalue weighted by Crippen LogP contribution is -2.15. The molecule has 0 aromatic heterocycles. The van der Waals surface area contributed by atoms with Crippen LogP contribution in [0.5, 0.6) is 11.5 Å². The van der Waals surface area contributed by atoms with Gasteiger partial charge < -0.3 is 22.1 Å². The molecule has 7 N–H and O–H groups in total. The Morgan fingerprint density at radius 3 is 2.12 bits per heavy atom. The second-order valence-electron chi connectivity index (χ2n) is 5.82. The van der Waals surface area contributed by atoms with Crippen molar-refractivity contribution in [2.75, 3.05) is 0 Å². The minimum Gasteiger partial charge on any atom is -0.507 e. The van der Waals surface area contributed by atoms with Crippen LogP contribution in [-0.2, 0) is 11.2 Å². The van der Waals surface area contributed by atoms with Crippen LogP contribution in [0.1, 0.15) is 36.5 Å². The maximum atomic E-state index is 11.7. The number of hydrogen-bond donors (Lipinski definition) is 4. The first-order valence-corrected chi connectivity index (χ1v) is 7.48. The van der Waals surface area contributed by atoms with Gasteiger partial charge in [-0.2, -0.15) is 0 Å². The number of carbonyl (C=O) groups is 1. The fraction of sp³-hybridized carbons (Fsp3) is 0.211. The average Bonchev–Trinajstić information content (AvgIpc) is 2.46. The number of rotatable bonds is 5. The predicted molar refractivity (Wildman–Crippen MR) is 96.2 cm³/mol. The molecule has 0 aliphatic rings. The Balaban J connectivity index is 0.00000288. The molecule has 1 amide bonds. The smallest absolute Gasteiger partial charge is 0.244 e. The first-order chi connectivity index (χ1) is 10.9. The van der Waals surface area contributed by atoms with E-state index < -0.39 is 5.91 Å². The molecule has 24 heavy (non-hydrogen) atoms. The molecular formula is C19H24N2O3. The summed E-state index contributed by atoms with van der Waals surface area (Å²) in [6.45, 7) is 3.77. The summed E-state index contributed by atoms with van der Waals surface area (Å²) in [5.74, 6) is -0.515. The molecule has 5 nitrogen and oxygen atoms in total. The van der Waals surface area contributed by atoms with Crippen molar-refractivity contribution in [1.29, 1.82) is 0 Å². The minimum absolute atomic E-state index is 0. The molecule has 2 aromatic rings. The van der Waals surface area contributed by atoms with Crippen LogP contribution in [0.3, 0.4) is 0 Å². The molecule has 2 rings (SSSR count). The predicted octanol–water partition coefficient (Wildman–Crippen LogP) is 3.49. The van der Waals surface area contributed by atoms with Gasteiger partial charge >= 0.3 is 0 Å². The Labute approximate surface area is 142 Å². The third kappa shape index (κ3) is 4.60. The zero-order valence-electron chi connectivity index (χ0n) is 14.0. The van der Waals surface area contributed by atoms with Crippen LogP contribution in [0.15, 0.2) is 48.0 Å². The van der Waals surface area contributed by atoms with Gasteiger partial charge in [-0.25, -0.2) is 0 Å². The van der Waals surface area contributed by atoms with Crippen molar-refractivity contribution in [3.63, 3.8) is 0 Å². The zero-order valence-corrected chi connectivity index (χ0v) is 14.0. The summed E-state index contributed by atoms with van der Waals surface area (Å²) in [6, 6.07) is 12.6. The van der Waals surface area contributed by atoms with E-state index in [9.17, 15) is 15.0 Å². The highest BCUT2D eigenvalue weighted by Crippen LogP contribution is 2.35. The molecule has 0 saturated heterocycles. The summed E-state index contributed by atoms with van der Waals surface area (Å²) in [7, 11) is 0. The average molecular weight is 328 g/mol. The number of benzene rings is 2. The fourth-order valence-electron chi connectivity index (χ4n) is 2.55. The van der Waals surface area contributed by atoms with Gasteiger partial charge in [-0.3, -0.25) is 4.79 Å². The van der Waals surface area contributed by atoms with Crippen LogP contribution in [-0.4, -0.2) is 16.1 Å². The van der Waals surface area contributed by atoms with E-state index in [4.69, 9.17) is 5.73 Å². The lowest BCUT2D eigenvalue weighted by atomic mass is 9.97. The Bertz CT molecular complexity index is 715. The molecule has 0 spiro atoms. The first kappa shape index (κ1) is 19.3. The lowest BCUT2D eigenvalue weighted by Gasteiger charge is -2.12. The van der Waals surface area contributed by atoms with Gasteiger partial charge in [-0.1, -0.05) is 44.2 Å². The quantitative estimate of drug-likeness (QED) is 0.628. The number of hydrogen-bond acceptors (Lipinski definition) is 4. The topological polar surface area (TPSA) is 119 Å². The van der Waals surface area contributed by atoms with Crippen molar-refractivity contribution in [2.45, 2.75) is 26.2 Å². The van der Waals surface area contributed by atoms with Gasteiger partial charge in [0.05, 0.1) is 0 Å². The largest absolute Gasteiger partial charge is 0.507 e. The number of nitrogens with two attached hydrogens (primary N) is 1. The molecule has 0 fully saturated rings. The molecule has 0 atom stereocenters. The summed E-state index contributed by atoms with van der Waals surface area (Å²) < 4.78 is 0. The third-order valence-corrected chi connectivity index (χ3v) is 3.63. The molecule has 0 heterocycles. The summed E-state index contributed by atoms with van der Waals surface area (Å²) in [5, 5.41) is 20.2. The first-order valence-electron chi connectivity index (χ1n) is 7.48. The van der Waals surface area contributed by atoms with Crippen LogP contribution < -0.4 is 11.9 Å². The van der Waals surface area contributed by atoms with Gasteiger partial charge in [-0.15, -0.1) is 0 Å². The van der Waals surface area contributed by atoms with Crippen molar-refractivity contribution >= 4 is 12.0 Å². The van der Waals surface area contributed by atoms with Crippen molar-refractivity contribution in [3.05, 3.63) is 64.7 Å². The van der Waals surface area contributed by atoms with Crippen molar-refractivity contribution in [3.8, 4) is 11.5 Å². The number of aromatic hydroxyl groups is 2. The van der Waals surface area contributed by atoms with E-state index in [1.807, 2.05) is 44.2 Å². The normalized spacial score (nSPS) is 11.2. The maximum Gasteiger partial charge on any atom is 0.244 e. The number of phenolic OH excluding ortho intramolecular Hbond substituents is 2. The summed E-state index contributed by atoms with van der Waals surface area (Å²) in [5.41, 5.74) is 7.85. The molecule has 2 aromatic carbocycles. The number of amides is 1. The lowest BCUT2D eigenvalue weighted by molar-refractivity contribution is -0.114. The highest BCUT2D eigenvalue weighted by atomic mass is 16.3. The highest BCUT2D eigenvalue weighted by molar-refractivity contribution is 5.97. The highest BCUT2D eigenvalue weighted by Gasteiger charge is 2.14. The molecule has 0 saturated carbocycles. The van der Waals surface area contributed by atoms with E-state index in [-0.39, 0.29) is 23.6 Å². The van der Waals surface area contributed by atoms with Crippen LogP contribution in [0, 0.1) is 0 Å². The number of carbonyl (C=O) groups excluding carboxylic acids is 1. The van der Waals surface area contributed by atoms with Crippen molar-refractivity contribution in [1.82, 2.24) is 6.15 Å². The Kier molecular flexibility index (Phi) is 6.56. The summed E-state index contributed by atoms with van der Waals surface area (Å²) in [4.78, 5) is 11.7. The molecule has 0 aliphatic heterocycles. The minimum atomic E-state index is -0.527. The molecule has 0 radical (unpaired) electrons. The van der Waals surface area contributed by atoms with E-state index in [1.54, 1.807) is 6.08 Å².